The van der Waals surface area contributed by atoms with Crippen LogP contribution in [0.1, 0.15) is 23.6 Å². The lowest BCUT2D eigenvalue weighted by atomic mass is 9.74. The van der Waals surface area contributed by atoms with Gasteiger partial charge in [-0.2, -0.15) is 0 Å². The van der Waals surface area contributed by atoms with Gasteiger partial charge >= 0.3 is 0 Å². The number of hydrogen-bond acceptors (Lipinski definition) is 3. The van der Waals surface area contributed by atoms with Crippen LogP contribution in [-0.2, 0) is 5.41 Å². The van der Waals surface area contributed by atoms with E-state index < -0.39 is 0 Å². The van der Waals surface area contributed by atoms with Gasteiger partial charge in [-0.05, 0) is 117 Å². The topological polar surface area (TPSA) is 25.8 Å². The van der Waals surface area contributed by atoms with Crippen LogP contribution in [0.15, 0.2) is 224 Å². The maximum absolute atomic E-state index is 5.27. The molecule has 0 saturated carbocycles. The third-order valence-electron chi connectivity index (χ3n) is 13.0. The molecule has 1 unspecified atom stereocenters. The van der Waals surface area contributed by atoms with Gasteiger partial charge in [0.15, 0.2) is 5.82 Å². The third kappa shape index (κ3) is 6.40. The maximum Gasteiger partial charge on any atom is 0.160 e. The molecule has 0 radical (unpaired) electrons. The summed E-state index contributed by atoms with van der Waals surface area (Å²) in [6.45, 7) is 2.37. The maximum atomic E-state index is 5.27. The van der Waals surface area contributed by atoms with E-state index >= 15 is 0 Å². The highest BCUT2D eigenvalue weighted by Crippen LogP contribution is 2.53. The van der Waals surface area contributed by atoms with Crippen LogP contribution in [0, 0.1) is 0 Å². The SMILES string of the molecule is CC1(c2ccccc2)c2ccccc2-c2cc(-c3ccc(-c4cc(-c5ccc6sc7ccccc7c6c5)cc(-c5cc(-c6ccccc6)nc(-c6ccccc6)n5)c4)cc3)ccc21. The number of benzene rings is 9. The van der Waals surface area contributed by atoms with Crippen LogP contribution in [0.3, 0.4) is 0 Å². The van der Waals surface area contributed by atoms with E-state index in [9.17, 15) is 0 Å². The predicted octanol–water partition coefficient (Wildman–Crippen LogP) is 16.2. The minimum absolute atomic E-state index is 0.216. The Labute approximate surface area is 371 Å². The Morgan fingerprint density at radius 1 is 0.333 bits per heavy atom. The van der Waals surface area contributed by atoms with Crippen molar-refractivity contribution in [3.05, 3.63) is 241 Å². The fraction of sp³-hybridized carbons (Fsp3) is 0.0333. The van der Waals surface area contributed by atoms with Gasteiger partial charge in [0.05, 0.1) is 11.4 Å². The Kier molecular flexibility index (Phi) is 8.84. The summed E-state index contributed by atoms with van der Waals surface area (Å²) in [5.74, 6) is 0.704. The summed E-state index contributed by atoms with van der Waals surface area (Å²) in [7, 11) is 0. The summed E-state index contributed by atoms with van der Waals surface area (Å²) >= 11 is 1.85. The van der Waals surface area contributed by atoms with E-state index in [-0.39, 0.29) is 5.41 Å². The van der Waals surface area contributed by atoms with Crippen LogP contribution in [-0.4, -0.2) is 9.97 Å². The summed E-state index contributed by atoms with van der Waals surface area (Å²) < 4.78 is 2.60. The zero-order valence-electron chi connectivity index (χ0n) is 34.7. The third-order valence-corrected chi connectivity index (χ3v) is 14.1. The van der Waals surface area contributed by atoms with Crippen LogP contribution >= 0.6 is 11.3 Å². The number of rotatable bonds is 7. The van der Waals surface area contributed by atoms with Gasteiger partial charge in [-0.25, -0.2) is 9.97 Å². The van der Waals surface area contributed by atoms with Crippen molar-refractivity contribution in [2.75, 3.05) is 0 Å². The molecule has 1 aliphatic carbocycles. The molecule has 2 aromatic heterocycles. The first kappa shape index (κ1) is 37.1. The van der Waals surface area contributed by atoms with Crippen molar-refractivity contribution in [2.24, 2.45) is 0 Å². The van der Waals surface area contributed by atoms with E-state index in [1.165, 1.54) is 64.7 Å². The first-order valence-corrected chi connectivity index (χ1v) is 22.4. The molecule has 0 N–H and O–H groups in total. The van der Waals surface area contributed by atoms with E-state index in [1.54, 1.807) is 0 Å². The van der Waals surface area contributed by atoms with Crippen molar-refractivity contribution in [3.63, 3.8) is 0 Å². The van der Waals surface area contributed by atoms with E-state index in [0.29, 0.717) is 5.82 Å². The molecule has 1 aliphatic rings. The molecule has 0 fully saturated rings. The van der Waals surface area contributed by atoms with Crippen LogP contribution in [0.4, 0.5) is 0 Å². The molecule has 1 atom stereocenters. The molecule has 63 heavy (non-hydrogen) atoms. The van der Waals surface area contributed by atoms with Crippen LogP contribution in [0.2, 0.25) is 0 Å². The highest BCUT2D eigenvalue weighted by atomic mass is 32.1. The molecule has 0 amide bonds. The van der Waals surface area contributed by atoms with E-state index in [4.69, 9.17) is 9.97 Å². The van der Waals surface area contributed by atoms with Crippen molar-refractivity contribution < 1.29 is 0 Å². The molecule has 9 aromatic carbocycles. The first-order valence-electron chi connectivity index (χ1n) is 21.5. The molecule has 11 aromatic rings. The lowest BCUT2D eigenvalue weighted by Gasteiger charge is -2.28. The normalized spacial score (nSPS) is 14.2. The molecular weight excluding hydrogens is 781 g/mol. The van der Waals surface area contributed by atoms with Crippen LogP contribution in [0.25, 0.3) is 98.6 Å². The van der Waals surface area contributed by atoms with E-state index in [1.807, 2.05) is 35.6 Å². The summed E-state index contributed by atoms with van der Waals surface area (Å²) in [6.07, 6.45) is 0. The Morgan fingerprint density at radius 3 is 1.62 bits per heavy atom. The van der Waals surface area contributed by atoms with Gasteiger partial charge in [0, 0.05) is 42.3 Å². The lowest BCUT2D eigenvalue weighted by molar-refractivity contribution is 0.714. The number of fused-ring (bicyclic) bond motifs is 6. The fourth-order valence-electron chi connectivity index (χ4n) is 9.70. The number of nitrogens with zero attached hydrogens (tertiary/aromatic N) is 2. The fourth-order valence-corrected chi connectivity index (χ4v) is 10.8. The molecular formula is C60H40N2S. The average molecular weight is 821 g/mol. The Balaban J connectivity index is 0.989. The average Bonchev–Trinajstić information content (AvgIpc) is 3.87. The zero-order chi connectivity index (χ0) is 41.9. The van der Waals surface area contributed by atoms with Crippen molar-refractivity contribution >= 4 is 31.5 Å². The summed E-state index contributed by atoms with van der Waals surface area (Å²) in [5, 5.41) is 2.58. The highest BCUT2D eigenvalue weighted by Gasteiger charge is 2.40. The minimum Gasteiger partial charge on any atom is -0.228 e. The first-order chi connectivity index (χ1) is 31.1. The molecule has 2 nitrogen and oxygen atoms in total. The largest absolute Gasteiger partial charge is 0.228 e. The van der Waals surface area contributed by atoms with Gasteiger partial charge < -0.3 is 0 Å². The van der Waals surface area contributed by atoms with Crippen molar-refractivity contribution in [3.8, 4) is 78.4 Å². The van der Waals surface area contributed by atoms with Gasteiger partial charge in [0.2, 0.25) is 0 Å². The number of aromatic nitrogens is 2. The van der Waals surface area contributed by atoms with Gasteiger partial charge in [0.1, 0.15) is 0 Å². The molecule has 296 valence electrons. The quantitative estimate of drug-likeness (QED) is 0.160. The molecule has 0 bridgehead atoms. The second kappa shape index (κ2) is 15.0. The second-order valence-corrected chi connectivity index (χ2v) is 17.8. The molecule has 3 heteroatoms. The highest BCUT2D eigenvalue weighted by molar-refractivity contribution is 7.25. The molecule has 0 saturated heterocycles. The van der Waals surface area contributed by atoms with Crippen molar-refractivity contribution in [1.29, 1.82) is 0 Å². The Hall–Kier alpha value is -7.72. The number of hydrogen-bond donors (Lipinski definition) is 0. The lowest BCUT2D eigenvalue weighted by Crippen LogP contribution is -2.22. The molecule has 0 spiro atoms. The Morgan fingerprint density at radius 2 is 0.857 bits per heavy atom. The van der Waals surface area contributed by atoms with Gasteiger partial charge in [-0.1, -0.05) is 176 Å². The zero-order valence-corrected chi connectivity index (χ0v) is 35.5. The van der Waals surface area contributed by atoms with Crippen LogP contribution < -0.4 is 0 Å². The second-order valence-electron chi connectivity index (χ2n) is 16.7. The van der Waals surface area contributed by atoms with E-state index in [2.05, 4.69) is 207 Å². The molecule has 12 rings (SSSR count). The smallest absolute Gasteiger partial charge is 0.160 e. The van der Waals surface area contributed by atoms with E-state index in [0.717, 1.165) is 44.8 Å². The standard InChI is InChI=1S/C60H40N2S/c1-60(48-19-9-4-10-20-48)53-23-13-11-21-49(53)51-36-43(29-31-54(51)60)39-25-27-40(28-26-39)45-33-46(44-30-32-58-52(37-44)50-22-12-14-24-57(50)63-58)35-47(34-45)56-38-55(41-15-5-2-6-16-41)61-59(62-56)42-17-7-3-8-18-42/h2-38H,1H3. The van der Waals surface area contributed by atoms with Gasteiger partial charge in [-0.15, -0.1) is 11.3 Å². The van der Waals surface area contributed by atoms with Crippen molar-refractivity contribution in [2.45, 2.75) is 12.3 Å². The van der Waals surface area contributed by atoms with Gasteiger partial charge in [-0.3, -0.25) is 0 Å². The predicted molar refractivity (Wildman–Crippen MR) is 265 cm³/mol. The minimum atomic E-state index is -0.216. The summed E-state index contributed by atoms with van der Waals surface area (Å²) in [5.41, 5.74) is 18.3. The Bertz CT molecular complexity index is 3440. The monoisotopic (exact) mass is 820 g/mol. The van der Waals surface area contributed by atoms with Crippen LogP contribution in [0.5, 0.6) is 0 Å². The summed E-state index contributed by atoms with van der Waals surface area (Å²) in [4.78, 5) is 10.4. The number of thiophene rings is 1. The van der Waals surface area contributed by atoms with Crippen molar-refractivity contribution in [1.82, 2.24) is 9.97 Å². The summed E-state index contributed by atoms with van der Waals surface area (Å²) in [6, 6.07) is 81.3. The molecule has 0 aliphatic heterocycles. The molecule has 2 heterocycles. The van der Waals surface area contributed by atoms with Gasteiger partial charge in [0.25, 0.3) is 0 Å².